The van der Waals surface area contributed by atoms with Crippen LogP contribution in [0.5, 0.6) is 5.75 Å². The summed E-state index contributed by atoms with van der Waals surface area (Å²) in [6.45, 7) is 5.59. The van der Waals surface area contributed by atoms with Gasteiger partial charge in [0.05, 0.1) is 17.8 Å². The Morgan fingerprint density at radius 2 is 2.20 bits per heavy atom. The highest BCUT2D eigenvalue weighted by Gasteiger charge is 2.12. The topological polar surface area (TPSA) is 76.0 Å². The number of nitrogens with zero attached hydrogens (tertiary/aromatic N) is 1. The second-order valence-electron chi connectivity index (χ2n) is 5.51. The average molecular weight is 276 g/mol. The lowest BCUT2D eigenvalue weighted by molar-refractivity contribution is 0.271. The predicted molar refractivity (Wildman–Crippen MR) is 82.0 cm³/mol. The first-order chi connectivity index (χ1) is 9.63. The summed E-state index contributed by atoms with van der Waals surface area (Å²) in [6, 6.07) is 6.28. The number of likely N-dealkylation sites (N-methyl/N-ethyl adjacent to an activating group) is 1. The van der Waals surface area contributed by atoms with E-state index >= 15 is 0 Å². The number of nitrogens with two attached hydrogens (primary N) is 1. The smallest absolute Gasteiger partial charge is 0.120 e. The van der Waals surface area contributed by atoms with Crippen LogP contribution >= 0.6 is 0 Å². The molecule has 0 spiro atoms. The van der Waals surface area contributed by atoms with Crippen LogP contribution < -0.4 is 15.8 Å². The molecule has 1 aromatic heterocycles. The highest BCUT2D eigenvalue weighted by Crippen LogP contribution is 2.23. The number of nitrogens with one attached hydrogen (secondary N) is 2. The van der Waals surface area contributed by atoms with E-state index in [1.807, 2.05) is 19.2 Å². The van der Waals surface area contributed by atoms with Crippen molar-refractivity contribution in [2.75, 3.05) is 20.2 Å². The van der Waals surface area contributed by atoms with Gasteiger partial charge in [0, 0.05) is 24.4 Å². The third-order valence-electron chi connectivity index (χ3n) is 3.33. The monoisotopic (exact) mass is 276 g/mol. The van der Waals surface area contributed by atoms with Crippen molar-refractivity contribution < 1.29 is 4.74 Å². The summed E-state index contributed by atoms with van der Waals surface area (Å²) in [6.07, 6.45) is 0.806. The van der Waals surface area contributed by atoms with Crippen LogP contribution in [-0.4, -0.2) is 36.4 Å². The number of rotatable bonds is 7. The van der Waals surface area contributed by atoms with Gasteiger partial charge in [0.15, 0.2) is 0 Å². The molecule has 5 nitrogen and oxygen atoms in total. The molecule has 4 N–H and O–H groups in total. The van der Waals surface area contributed by atoms with Crippen LogP contribution in [0.15, 0.2) is 18.2 Å². The molecule has 1 atom stereocenters. The maximum atomic E-state index is 5.78. The Morgan fingerprint density at radius 3 is 2.85 bits per heavy atom. The number of ether oxygens (including phenoxy) is 1. The van der Waals surface area contributed by atoms with E-state index in [1.54, 1.807) is 0 Å². The minimum absolute atomic E-state index is 0.238. The molecule has 0 aliphatic rings. The van der Waals surface area contributed by atoms with Gasteiger partial charge in [-0.2, -0.15) is 5.10 Å². The molecule has 2 aromatic rings. The van der Waals surface area contributed by atoms with E-state index in [9.17, 15) is 0 Å². The zero-order valence-electron chi connectivity index (χ0n) is 12.4. The Morgan fingerprint density at radius 1 is 1.40 bits per heavy atom. The van der Waals surface area contributed by atoms with Gasteiger partial charge < -0.3 is 15.8 Å². The number of hydrogen-bond acceptors (Lipinski definition) is 4. The van der Waals surface area contributed by atoms with Gasteiger partial charge in [0.2, 0.25) is 0 Å². The second-order valence-corrected chi connectivity index (χ2v) is 5.51. The fourth-order valence-corrected chi connectivity index (χ4v) is 2.09. The molecule has 1 heterocycles. The summed E-state index contributed by atoms with van der Waals surface area (Å²) in [5.74, 6) is 1.41. The van der Waals surface area contributed by atoms with Gasteiger partial charge in [-0.15, -0.1) is 0 Å². The van der Waals surface area contributed by atoms with Crippen molar-refractivity contribution in [1.82, 2.24) is 15.5 Å². The minimum Gasteiger partial charge on any atom is -0.493 e. The molecular formula is C15H24N4O. The van der Waals surface area contributed by atoms with Crippen LogP contribution in [0.2, 0.25) is 0 Å². The van der Waals surface area contributed by atoms with Crippen molar-refractivity contribution in [1.29, 1.82) is 0 Å². The van der Waals surface area contributed by atoms with Crippen LogP contribution in [0.1, 0.15) is 19.5 Å². The second kappa shape index (κ2) is 6.72. The molecule has 0 aliphatic heterocycles. The number of aromatic amines is 1. The predicted octanol–water partition coefficient (Wildman–Crippen LogP) is 1.69. The zero-order chi connectivity index (χ0) is 14.5. The van der Waals surface area contributed by atoms with Gasteiger partial charge in [-0.05, 0) is 31.2 Å². The van der Waals surface area contributed by atoms with Gasteiger partial charge in [-0.25, -0.2) is 0 Å². The van der Waals surface area contributed by atoms with Gasteiger partial charge in [-0.1, -0.05) is 13.8 Å². The van der Waals surface area contributed by atoms with E-state index < -0.39 is 0 Å². The molecule has 0 saturated heterocycles. The fourth-order valence-electron chi connectivity index (χ4n) is 2.09. The van der Waals surface area contributed by atoms with Crippen LogP contribution in [-0.2, 0) is 6.42 Å². The molecule has 20 heavy (non-hydrogen) atoms. The SMILES string of the molecule is CNC(CN)Cc1n[nH]c2ccc(OCC(C)C)cc12. The van der Waals surface area contributed by atoms with E-state index in [0.717, 1.165) is 35.4 Å². The molecule has 0 bridgehead atoms. The third kappa shape index (κ3) is 3.49. The largest absolute Gasteiger partial charge is 0.493 e. The van der Waals surface area contributed by atoms with Crippen molar-refractivity contribution >= 4 is 10.9 Å². The normalized spacial score (nSPS) is 13.1. The third-order valence-corrected chi connectivity index (χ3v) is 3.33. The molecular weight excluding hydrogens is 252 g/mol. The Kier molecular flexibility index (Phi) is 4.98. The lowest BCUT2D eigenvalue weighted by Crippen LogP contribution is -2.35. The molecule has 0 radical (unpaired) electrons. The Labute approximate surface area is 119 Å². The van der Waals surface area contributed by atoms with Crippen LogP contribution in [0, 0.1) is 5.92 Å². The molecule has 0 fully saturated rings. The maximum Gasteiger partial charge on any atom is 0.120 e. The van der Waals surface area contributed by atoms with Crippen molar-refractivity contribution in [3.8, 4) is 5.75 Å². The van der Waals surface area contributed by atoms with E-state index in [0.29, 0.717) is 12.5 Å². The first-order valence-corrected chi connectivity index (χ1v) is 7.11. The first-order valence-electron chi connectivity index (χ1n) is 7.11. The molecule has 1 unspecified atom stereocenters. The number of hydrogen-bond donors (Lipinski definition) is 3. The quantitative estimate of drug-likeness (QED) is 0.719. The Balaban J connectivity index is 2.21. The molecule has 0 aliphatic carbocycles. The van der Waals surface area contributed by atoms with Crippen molar-refractivity contribution in [2.24, 2.45) is 11.7 Å². The average Bonchev–Trinajstić information content (AvgIpc) is 2.84. The number of benzene rings is 1. The molecule has 2 rings (SSSR count). The zero-order valence-corrected chi connectivity index (χ0v) is 12.4. The lowest BCUT2D eigenvalue weighted by Gasteiger charge is -2.12. The maximum absolute atomic E-state index is 5.78. The summed E-state index contributed by atoms with van der Waals surface area (Å²) in [4.78, 5) is 0. The highest BCUT2D eigenvalue weighted by molar-refractivity contribution is 5.82. The highest BCUT2D eigenvalue weighted by atomic mass is 16.5. The van der Waals surface area contributed by atoms with E-state index in [4.69, 9.17) is 10.5 Å². The van der Waals surface area contributed by atoms with Gasteiger partial charge >= 0.3 is 0 Å². The summed E-state index contributed by atoms with van der Waals surface area (Å²) < 4.78 is 5.78. The van der Waals surface area contributed by atoms with Crippen LogP contribution in [0.4, 0.5) is 0 Å². The van der Waals surface area contributed by atoms with E-state index in [2.05, 4.69) is 35.4 Å². The molecule has 0 amide bonds. The summed E-state index contributed by atoms with van der Waals surface area (Å²) in [5.41, 5.74) is 7.79. The van der Waals surface area contributed by atoms with Crippen molar-refractivity contribution in [3.63, 3.8) is 0 Å². The lowest BCUT2D eigenvalue weighted by atomic mass is 10.1. The molecule has 5 heteroatoms. The summed E-state index contributed by atoms with van der Waals surface area (Å²) >= 11 is 0. The van der Waals surface area contributed by atoms with Crippen LogP contribution in [0.3, 0.4) is 0 Å². The summed E-state index contributed by atoms with van der Waals surface area (Å²) in [5, 5.41) is 11.8. The number of fused-ring (bicyclic) bond motifs is 1. The van der Waals surface area contributed by atoms with Gasteiger partial charge in [0.25, 0.3) is 0 Å². The molecule has 1 aromatic carbocycles. The van der Waals surface area contributed by atoms with E-state index in [-0.39, 0.29) is 6.04 Å². The fraction of sp³-hybridized carbons (Fsp3) is 0.533. The standard InChI is InChI=1S/C15H24N4O/c1-10(2)9-20-12-4-5-14-13(7-12)15(19-18-14)6-11(8-16)17-3/h4-5,7,10-11,17H,6,8-9,16H2,1-3H3,(H,18,19). The molecule has 0 saturated carbocycles. The molecule has 110 valence electrons. The number of H-pyrrole nitrogens is 1. The van der Waals surface area contributed by atoms with Gasteiger partial charge in [-0.3, -0.25) is 5.10 Å². The van der Waals surface area contributed by atoms with Crippen molar-refractivity contribution in [3.05, 3.63) is 23.9 Å². The van der Waals surface area contributed by atoms with Crippen molar-refractivity contribution in [2.45, 2.75) is 26.3 Å². The first kappa shape index (κ1) is 14.8. The Hall–Kier alpha value is -1.59. The van der Waals surface area contributed by atoms with E-state index in [1.165, 1.54) is 0 Å². The van der Waals surface area contributed by atoms with Gasteiger partial charge in [0.1, 0.15) is 5.75 Å². The van der Waals surface area contributed by atoms with Crippen LogP contribution in [0.25, 0.3) is 10.9 Å². The number of aromatic nitrogens is 2. The minimum atomic E-state index is 0.238. The Bertz CT molecular complexity index is 546. The summed E-state index contributed by atoms with van der Waals surface area (Å²) in [7, 11) is 1.92.